The molecule has 0 aromatic heterocycles. The summed E-state index contributed by atoms with van der Waals surface area (Å²) in [6.45, 7) is 9.87. The van der Waals surface area contributed by atoms with Crippen LogP contribution < -0.4 is 10.6 Å². The van der Waals surface area contributed by atoms with Gasteiger partial charge in [0.25, 0.3) is 0 Å². The van der Waals surface area contributed by atoms with Crippen molar-refractivity contribution in [1.29, 1.82) is 0 Å². The largest absolute Gasteiger partial charge is 0.357 e. The zero-order chi connectivity index (χ0) is 16.4. The molecular formula is C15H32N4O2S. The normalized spacial score (nSPS) is 18.8. The van der Waals surface area contributed by atoms with Gasteiger partial charge in [-0.1, -0.05) is 26.7 Å². The van der Waals surface area contributed by atoms with Crippen molar-refractivity contribution < 1.29 is 8.42 Å². The van der Waals surface area contributed by atoms with Crippen molar-refractivity contribution in [2.75, 3.05) is 38.5 Å². The van der Waals surface area contributed by atoms with Crippen LogP contribution in [0.2, 0.25) is 0 Å². The summed E-state index contributed by atoms with van der Waals surface area (Å²) in [5.41, 5.74) is 0. The molecule has 0 aromatic rings. The Labute approximate surface area is 135 Å². The van der Waals surface area contributed by atoms with E-state index in [9.17, 15) is 8.42 Å². The summed E-state index contributed by atoms with van der Waals surface area (Å²) in [6.07, 6.45) is 4.28. The van der Waals surface area contributed by atoms with Gasteiger partial charge in [0.05, 0.1) is 5.75 Å². The van der Waals surface area contributed by atoms with Crippen molar-refractivity contribution in [3.05, 3.63) is 0 Å². The van der Waals surface area contributed by atoms with Gasteiger partial charge in [0, 0.05) is 32.7 Å². The predicted octanol–water partition coefficient (Wildman–Crippen LogP) is 1.40. The van der Waals surface area contributed by atoms with Crippen molar-refractivity contribution in [2.24, 2.45) is 10.9 Å². The average molecular weight is 333 g/mol. The first-order valence-corrected chi connectivity index (χ1v) is 10.1. The Hall–Kier alpha value is -0.820. The molecule has 0 radical (unpaired) electrons. The Morgan fingerprint density at radius 3 is 2.64 bits per heavy atom. The third-order valence-electron chi connectivity index (χ3n) is 3.66. The summed E-state index contributed by atoms with van der Waals surface area (Å²) in [7, 11) is -3.00. The van der Waals surface area contributed by atoms with E-state index in [0.717, 1.165) is 37.8 Å². The summed E-state index contributed by atoms with van der Waals surface area (Å²) in [5, 5.41) is 6.42. The molecule has 1 heterocycles. The molecule has 1 aliphatic heterocycles. The van der Waals surface area contributed by atoms with Crippen molar-refractivity contribution in [1.82, 2.24) is 14.9 Å². The number of rotatable bonds is 9. The quantitative estimate of drug-likeness (QED) is 0.380. The number of nitrogens with one attached hydrogen (secondary N) is 2. The molecule has 0 aliphatic carbocycles. The summed E-state index contributed by atoms with van der Waals surface area (Å²) >= 11 is 0. The van der Waals surface area contributed by atoms with Gasteiger partial charge in [0.15, 0.2) is 5.96 Å². The van der Waals surface area contributed by atoms with Gasteiger partial charge in [-0.3, -0.25) is 4.99 Å². The zero-order valence-corrected chi connectivity index (χ0v) is 15.1. The van der Waals surface area contributed by atoms with Crippen molar-refractivity contribution in [3.8, 4) is 0 Å². The maximum atomic E-state index is 11.7. The molecule has 0 spiro atoms. The highest BCUT2D eigenvalue weighted by atomic mass is 32.2. The number of hydrogen-bond donors (Lipinski definition) is 2. The molecule has 0 atom stereocenters. The van der Waals surface area contributed by atoms with Gasteiger partial charge in [-0.25, -0.2) is 12.7 Å². The molecule has 6 nitrogen and oxygen atoms in total. The van der Waals surface area contributed by atoms with E-state index >= 15 is 0 Å². The van der Waals surface area contributed by atoms with E-state index in [1.54, 1.807) is 4.31 Å². The van der Waals surface area contributed by atoms with E-state index in [0.29, 0.717) is 19.6 Å². The first-order chi connectivity index (χ1) is 10.5. The van der Waals surface area contributed by atoms with Crippen LogP contribution in [0.25, 0.3) is 0 Å². The second-order valence-electron chi connectivity index (χ2n) is 6.15. The van der Waals surface area contributed by atoms with Crippen LogP contribution >= 0.6 is 0 Å². The number of hydrogen-bond acceptors (Lipinski definition) is 3. The van der Waals surface area contributed by atoms with Crippen molar-refractivity contribution in [2.45, 2.75) is 46.5 Å². The van der Waals surface area contributed by atoms with E-state index in [4.69, 9.17) is 0 Å². The SMILES string of the molecule is CCNC(=NCCCCC(C)C)NCCN1CCCS1(=O)=O. The molecule has 0 unspecified atom stereocenters. The predicted molar refractivity (Wildman–Crippen MR) is 92.6 cm³/mol. The number of aliphatic imine (C=N–C) groups is 1. The van der Waals surface area contributed by atoms with Crippen molar-refractivity contribution >= 4 is 16.0 Å². The summed E-state index contributed by atoms with van der Waals surface area (Å²) in [5.74, 6) is 1.82. The molecule has 0 bridgehead atoms. The Morgan fingerprint density at radius 2 is 2.05 bits per heavy atom. The minimum Gasteiger partial charge on any atom is -0.357 e. The number of nitrogens with zero attached hydrogens (tertiary/aromatic N) is 2. The Morgan fingerprint density at radius 1 is 1.27 bits per heavy atom. The fourth-order valence-electron chi connectivity index (χ4n) is 2.44. The Balaban J connectivity index is 2.28. The highest BCUT2D eigenvalue weighted by Crippen LogP contribution is 2.11. The molecule has 0 aromatic carbocycles. The van der Waals surface area contributed by atoms with Crippen LogP contribution in [0.5, 0.6) is 0 Å². The monoisotopic (exact) mass is 332 g/mol. The molecule has 1 aliphatic rings. The lowest BCUT2D eigenvalue weighted by atomic mass is 10.1. The third-order valence-corrected chi connectivity index (χ3v) is 5.62. The highest BCUT2D eigenvalue weighted by molar-refractivity contribution is 7.89. The molecule has 1 fully saturated rings. The van der Waals surface area contributed by atoms with Gasteiger partial charge >= 0.3 is 0 Å². The first kappa shape index (κ1) is 19.2. The lowest BCUT2D eigenvalue weighted by Crippen LogP contribution is -2.42. The van der Waals surface area contributed by atoms with Crippen LogP contribution in [0, 0.1) is 5.92 Å². The minimum atomic E-state index is -3.00. The average Bonchev–Trinajstić information content (AvgIpc) is 2.77. The van der Waals surface area contributed by atoms with Crippen LogP contribution in [-0.4, -0.2) is 57.2 Å². The van der Waals surface area contributed by atoms with Gasteiger partial charge < -0.3 is 10.6 Å². The van der Waals surface area contributed by atoms with Crippen molar-refractivity contribution in [3.63, 3.8) is 0 Å². The van der Waals surface area contributed by atoms with Crippen LogP contribution in [0.3, 0.4) is 0 Å². The van der Waals surface area contributed by atoms with Crippen LogP contribution in [0.15, 0.2) is 4.99 Å². The lowest BCUT2D eigenvalue weighted by molar-refractivity contribution is 0.445. The molecule has 0 amide bonds. The van der Waals surface area contributed by atoms with Gasteiger partial charge in [0.1, 0.15) is 0 Å². The minimum absolute atomic E-state index is 0.289. The van der Waals surface area contributed by atoms with Gasteiger partial charge in [0.2, 0.25) is 10.0 Å². The fraction of sp³-hybridized carbons (Fsp3) is 0.933. The first-order valence-electron chi connectivity index (χ1n) is 8.45. The Kier molecular flexibility index (Phi) is 8.78. The van der Waals surface area contributed by atoms with Gasteiger partial charge in [-0.2, -0.15) is 0 Å². The van der Waals surface area contributed by atoms with Crippen LogP contribution in [0.4, 0.5) is 0 Å². The lowest BCUT2D eigenvalue weighted by Gasteiger charge is -2.16. The van der Waals surface area contributed by atoms with E-state index in [1.165, 1.54) is 12.8 Å². The van der Waals surface area contributed by atoms with E-state index < -0.39 is 10.0 Å². The number of sulfonamides is 1. The second-order valence-corrected chi connectivity index (χ2v) is 8.23. The molecule has 1 rings (SSSR count). The smallest absolute Gasteiger partial charge is 0.214 e. The number of guanidine groups is 1. The molecular weight excluding hydrogens is 300 g/mol. The summed E-state index contributed by atoms with van der Waals surface area (Å²) in [4.78, 5) is 4.54. The highest BCUT2D eigenvalue weighted by Gasteiger charge is 2.27. The third kappa shape index (κ3) is 7.45. The maximum absolute atomic E-state index is 11.7. The second kappa shape index (κ2) is 10.0. The van der Waals surface area contributed by atoms with E-state index in [1.807, 2.05) is 6.92 Å². The van der Waals surface area contributed by atoms with Gasteiger partial charge in [-0.15, -0.1) is 0 Å². The molecule has 7 heteroatoms. The summed E-state index contributed by atoms with van der Waals surface area (Å²) < 4.78 is 25.0. The molecule has 0 saturated carbocycles. The topological polar surface area (TPSA) is 73.8 Å². The van der Waals surface area contributed by atoms with Crippen LogP contribution in [-0.2, 0) is 10.0 Å². The molecule has 22 heavy (non-hydrogen) atoms. The van der Waals surface area contributed by atoms with E-state index in [2.05, 4.69) is 29.5 Å². The molecule has 130 valence electrons. The number of unbranched alkanes of at least 4 members (excludes halogenated alkanes) is 1. The fourth-order valence-corrected chi connectivity index (χ4v) is 3.97. The van der Waals surface area contributed by atoms with Gasteiger partial charge in [-0.05, 0) is 25.7 Å². The zero-order valence-electron chi connectivity index (χ0n) is 14.3. The standard InChI is InChI=1S/C15H32N4O2S/c1-4-16-15(17-9-6-5-8-14(2)3)18-10-12-19-11-7-13-22(19,20)21/h14H,4-13H2,1-3H3,(H2,16,17,18). The summed E-state index contributed by atoms with van der Waals surface area (Å²) in [6, 6.07) is 0. The maximum Gasteiger partial charge on any atom is 0.214 e. The molecule has 2 N–H and O–H groups in total. The Bertz CT molecular complexity index is 435. The van der Waals surface area contributed by atoms with Crippen LogP contribution in [0.1, 0.15) is 46.5 Å². The molecule has 1 saturated heterocycles. The van der Waals surface area contributed by atoms with E-state index in [-0.39, 0.29) is 5.75 Å².